The number of fused-ring (bicyclic) bond motifs is 1. The van der Waals surface area contributed by atoms with Crippen LogP contribution in [-0.4, -0.2) is 11.6 Å². The van der Waals surface area contributed by atoms with E-state index in [0.717, 1.165) is 10.1 Å². The third kappa shape index (κ3) is 2.50. The molecule has 0 aliphatic carbocycles. The van der Waals surface area contributed by atoms with Crippen LogP contribution < -0.4 is 0 Å². The van der Waals surface area contributed by atoms with Gasteiger partial charge in [0.05, 0.1) is 4.88 Å². The SMILES string of the molecule is O=C(c1cccs1)c1ccccc1C(=O)c1csc2ccccc12. The highest BCUT2D eigenvalue weighted by Gasteiger charge is 2.21. The monoisotopic (exact) mass is 348 g/mol. The minimum Gasteiger partial charge on any atom is -0.289 e. The average molecular weight is 348 g/mol. The van der Waals surface area contributed by atoms with Gasteiger partial charge in [-0.3, -0.25) is 9.59 Å². The van der Waals surface area contributed by atoms with E-state index in [2.05, 4.69) is 0 Å². The van der Waals surface area contributed by atoms with Crippen molar-refractivity contribution in [1.82, 2.24) is 0 Å². The number of carbonyl (C=O) groups excluding carboxylic acids is 2. The van der Waals surface area contributed by atoms with Gasteiger partial charge in [-0.25, -0.2) is 0 Å². The predicted molar refractivity (Wildman–Crippen MR) is 99.5 cm³/mol. The van der Waals surface area contributed by atoms with Crippen LogP contribution in [0.2, 0.25) is 0 Å². The molecule has 0 bridgehead atoms. The molecule has 0 atom stereocenters. The first-order chi connectivity index (χ1) is 11.8. The standard InChI is InChI=1S/C20H12O2S2/c21-19(16-12-24-17-9-4-3-6-13(16)17)14-7-1-2-8-15(14)20(22)18-10-5-11-23-18/h1-12H. The van der Waals surface area contributed by atoms with E-state index in [-0.39, 0.29) is 11.6 Å². The fraction of sp³-hybridized carbons (Fsp3) is 0. The van der Waals surface area contributed by atoms with Crippen molar-refractivity contribution in [2.45, 2.75) is 0 Å². The van der Waals surface area contributed by atoms with Crippen LogP contribution in [0.15, 0.2) is 71.4 Å². The number of benzene rings is 2. The lowest BCUT2D eigenvalue weighted by Crippen LogP contribution is -2.09. The van der Waals surface area contributed by atoms with Gasteiger partial charge in [0, 0.05) is 32.2 Å². The summed E-state index contributed by atoms with van der Waals surface area (Å²) >= 11 is 2.93. The van der Waals surface area contributed by atoms with Crippen LogP contribution in [0.3, 0.4) is 0 Å². The highest BCUT2D eigenvalue weighted by molar-refractivity contribution is 7.17. The zero-order valence-electron chi connectivity index (χ0n) is 12.6. The summed E-state index contributed by atoms with van der Waals surface area (Å²) < 4.78 is 1.07. The molecule has 24 heavy (non-hydrogen) atoms. The lowest BCUT2D eigenvalue weighted by Gasteiger charge is -2.06. The summed E-state index contributed by atoms with van der Waals surface area (Å²) in [5.74, 6) is -0.207. The van der Waals surface area contributed by atoms with Crippen molar-refractivity contribution in [3.8, 4) is 0 Å². The molecule has 0 amide bonds. The van der Waals surface area contributed by atoms with Gasteiger partial charge in [0.15, 0.2) is 5.78 Å². The molecule has 0 spiro atoms. The summed E-state index contributed by atoms with van der Waals surface area (Å²) in [7, 11) is 0. The van der Waals surface area contributed by atoms with E-state index in [1.807, 2.05) is 41.1 Å². The van der Waals surface area contributed by atoms with Gasteiger partial charge in [-0.2, -0.15) is 0 Å². The molecule has 0 radical (unpaired) electrons. The molecule has 4 rings (SSSR count). The Morgan fingerprint density at radius 1 is 0.667 bits per heavy atom. The maximum absolute atomic E-state index is 13.1. The first-order valence-corrected chi connectivity index (χ1v) is 9.20. The first-order valence-electron chi connectivity index (χ1n) is 7.44. The molecule has 0 aliphatic heterocycles. The molecule has 0 N–H and O–H groups in total. The van der Waals surface area contributed by atoms with Crippen LogP contribution in [0, 0.1) is 0 Å². The van der Waals surface area contributed by atoms with Crippen molar-refractivity contribution in [1.29, 1.82) is 0 Å². The van der Waals surface area contributed by atoms with Gasteiger partial charge >= 0.3 is 0 Å². The predicted octanol–water partition coefficient (Wildman–Crippen LogP) is 5.42. The summed E-state index contributed by atoms with van der Waals surface area (Å²) in [6, 6.07) is 18.5. The van der Waals surface area contributed by atoms with E-state index in [1.54, 1.807) is 41.7 Å². The second-order valence-electron chi connectivity index (χ2n) is 5.33. The summed E-state index contributed by atoms with van der Waals surface area (Å²) in [5, 5.41) is 4.68. The molecule has 4 aromatic rings. The van der Waals surface area contributed by atoms with Gasteiger partial charge in [-0.15, -0.1) is 22.7 Å². The van der Waals surface area contributed by atoms with Crippen LogP contribution in [-0.2, 0) is 0 Å². The van der Waals surface area contributed by atoms with Crippen molar-refractivity contribution >= 4 is 44.3 Å². The number of ketones is 2. The Hall–Kier alpha value is -2.56. The quantitative estimate of drug-likeness (QED) is 0.461. The Morgan fingerprint density at radius 2 is 1.38 bits per heavy atom. The number of hydrogen-bond donors (Lipinski definition) is 0. The number of carbonyl (C=O) groups is 2. The molecule has 4 heteroatoms. The summed E-state index contributed by atoms with van der Waals surface area (Å²) in [6.45, 7) is 0. The maximum Gasteiger partial charge on any atom is 0.203 e. The lowest BCUT2D eigenvalue weighted by molar-refractivity contribution is 0.101. The molecule has 0 saturated heterocycles. The van der Waals surface area contributed by atoms with Gasteiger partial charge < -0.3 is 0 Å². The fourth-order valence-electron chi connectivity index (χ4n) is 2.72. The van der Waals surface area contributed by atoms with E-state index in [9.17, 15) is 9.59 Å². The second-order valence-corrected chi connectivity index (χ2v) is 7.19. The van der Waals surface area contributed by atoms with Gasteiger partial charge in [0.1, 0.15) is 0 Å². The topological polar surface area (TPSA) is 34.1 Å². The minimum atomic E-state index is -0.104. The molecule has 2 heterocycles. The zero-order chi connectivity index (χ0) is 16.5. The third-order valence-electron chi connectivity index (χ3n) is 3.89. The minimum absolute atomic E-state index is 0.103. The molecule has 2 aromatic heterocycles. The Bertz CT molecular complexity index is 1040. The number of thiophene rings is 2. The second kappa shape index (κ2) is 6.15. The number of hydrogen-bond acceptors (Lipinski definition) is 4. The van der Waals surface area contributed by atoms with E-state index >= 15 is 0 Å². The van der Waals surface area contributed by atoms with Crippen LogP contribution in [0.4, 0.5) is 0 Å². The molecule has 0 aliphatic rings. The van der Waals surface area contributed by atoms with Crippen LogP contribution in [0.25, 0.3) is 10.1 Å². The molecule has 2 aromatic carbocycles. The van der Waals surface area contributed by atoms with Crippen molar-refractivity contribution in [2.24, 2.45) is 0 Å². The Morgan fingerprint density at radius 3 is 2.12 bits per heavy atom. The zero-order valence-corrected chi connectivity index (χ0v) is 14.2. The van der Waals surface area contributed by atoms with E-state index < -0.39 is 0 Å². The van der Waals surface area contributed by atoms with Crippen molar-refractivity contribution in [3.05, 3.63) is 93.0 Å². The van der Waals surface area contributed by atoms with Crippen molar-refractivity contribution < 1.29 is 9.59 Å². The van der Waals surface area contributed by atoms with Crippen LogP contribution in [0.5, 0.6) is 0 Å². The summed E-state index contributed by atoms with van der Waals surface area (Å²) in [6.07, 6.45) is 0. The fourth-order valence-corrected chi connectivity index (χ4v) is 4.34. The van der Waals surface area contributed by atoms with Gasteiger partial charge in [0.25, 0.3) is 0 Å². The first kappa shape index (κ1) is 15.0. The molecule has 0 saturated carbocycles. The summed E-state index contributed by atoms with van der Waals surface area (Å²) in [5.41, 5.74) is 1.57. The van der Waals surface area contributed by atoms with Gasteiger partial charge in [-0.05, 0) is 17.5 Å². The largest absolute Gasteiger partial charge is 0.289 e. The Balaban J connectivity index is 1.82. The van der Waals surface area contributed by atoms with Crippen molar-refractivity contribution in [2.75, 3.05) is 0 Å². The van der Waals surface area contributed by atoms with Crippen molar-refractivity contribution in [3.63, 3.8) is 0 Å². The molecule has 0 unspecified atom stereocenters. The van der Waals surface area contributed by atoms with Crippen LogP contribution >= 0.6 is 22.7 Å². The third-order valence-corrected chi connectivity index (χ3v) is 5.72. The average Bonchev–Trinajstić information content (AvgIpc) is 3.30. The van der Waals surface area contributed by atoms with Gasteiger partial charge in [-0.1, -0.05) is 48.5 Å². The highest BCUT2D eigenvalue weighted by Crippen LogP contribution is 2.29. The Kier molecular flexibility index (Phi) is 3.84. The Labute approximate surface area is 147 Å². The normalized spacial score (nSPS) is 10.8. The smallest absolute Gasteiger partial charge is 0.203 e. The highest BCUT2D eigenvalue weighted by atomic mass is 32.1. The van der Waals surface area contributed by atoms with E-state index in [0.29, 0.717) is 21.6 Å². The van der Waals surface area contributed by atoms with E-state index in [1.165, 1.54) is 11.3 Å². The summed E-state index contributed by atoms with van der Waals surface area (Å²) in [4.78, 5) is 26.4. The maximum atomic E-state index is 13.1. The van der Waals surface area contributed by atoms with Gasteiger partial charge in [0.2, 0.25) is 5.78 Å². The van der Waals surface area contributed by atoms with E-state index in [4.69, 9.17) is 0 Å². The number of rotatable bonds is 4. The molecule has 116 valence electrons. The lowest BCUT2D eigenvalue weighted by atomic mass is 9.95. The molecular formula is C20H12O2S2. The molecule has 2 nitrogen and oxygen atoms in total. The molecular weight excluding hydrogens is 336 g/mol. The molecule has 0 fully saturated rings. The van der Waals surface area contributed by atoms with Crippen LogP contribution in [0.1, 0.15) is 31.2 Å².